The van der Waals surface area contributed by atoms with Gasteiger partial charge in [0.25, 0.3) is 11.7 Å². The van der Waals surface area contributed by atoms with Crippen molar-refractivity contribution in [2.24, 2.45) is 0 Å². The first kappa shape index (κ1) is 18.1. The Labute approximate surface area is 166 Å². The smallest absolute Gasteiger partial charge is 0.296 e. The van der Waals surface area contributed by atoms with E-state index in [1.54, 1.807) is 36.4 Å². The van der Waals surface area contributed by atoms with E-state index in [0.29, 0.717) is 16.3 Å². The number of likely N-dealkylation sites (tertiary alicyclic amines) is 1. The van der Waals surface area contributed by atoms with Gasteiger partial charge in [-0.25, -0.2) is 0 Å². The molecule has 0 radical (unpaired) electrons. The van der Waals surface area contributed by atoms with Crippen LogP contribution in [0.4, 0.5) is 0 Å². The second-order valence-electron chi connectivity index (χ2n) is 6.43. The number of rotatable bonds is 4. The Kier molecular flexibility index (Phi) is 4.75. The van der Waals surface area contributed by atoms with E-state index in [4.69, 9.17) is 16.0 Å². The summed E-state index contributed by atoms with van der Waals surface area (Å²) in [7, 11) is 0. The molecule has 1 aliphatic heterocycles. The molecule has 3 aromatic rings. The molecule has 0 saturated carbocycles. The van der Waals surface area contributed by atoms with Crippen molar-refractivity contribution in [1.82, 2.24) is 4.90 Å². The van der Waals surface area contributed by atoms with Crippen LogP contribution in [-0.4, -0.2) is 21.7 Å². The number of aliphatic hydroxyl groups excluding tert-OH is 1. The highest BCUT2D eigenvalue weighted by Gasteiger charge is 2.47. The lowest BCUT2D eigenvalue weighted by molar-refractivity contribution is -0.140. The van der Waals surface area contributed by atoms with E-state index >= 15 is 0 Å². The number of nitrogens with zero attached hydrogens (tertiary/aromatic N) is 1. The van der Waals surface area contributed by atoms with Crippen molar-refractivity contribution in [3.05, 3.63) is 100 Å². The van der Waals surface area contributed by atoms with Gasteiger partial charge < -0.3 is 14.4 Å². The van der Waals surface area contributed by atoms with Crippen LogP contribution in [0.15, 0.2) is 83.0 Å². The zero-order valence-electron chi connectivity index (χ0n) is 14.7. The highest BCUT2D eigenvalue weighted by molar-refractivity contribution is 6.46. The van der Waals surface area contributed by atoms with Gasteiger partial charge in [-0.1, -0.05) is 41.9 Å². The lowest BCUT2D eigenvalue weighted by Crippen LogP contribution is -2.29. The van der Waals surface area contributed by atoms with Crippen molar-refractivity contribution in [3.63, 3.8) is 0 Å². The van der Waals surface area contributed by atoms with E-state index in [2.05, 4.69) is 0 Å². The summed E-state index contributed by atoms with van der Waals surface area (Å²) in [4.78, 5) is 27.0. The fourth-order valence-corrected chi connectivity index (χ4v) is 3.46. The van der Waals surface area contributed by atoms with Crippen LogP contribution >= 0.6 is 11.6 Å². The van der Waals surface area contributed by atoms with Crippen LogP contribution in [0.1, 0.15) is 22.9 Å². The summed E-state index contributed by atoms with van der Waals surface area (Å²) in [6, 6.07) is 18.3. The molecule has 0 aliphatic carbocycles. The van der Waals surface area contributed by atoms with Gasteiger partial charge in [0.15, 0.2) is 0 Å². The van der Waals surface area contributed by atoms with Gasteiger partial charge in [-0.2, -0.15) is 0 Å². The second-order valence-corrected chi connectivity index (χ2v) is 6.87. The topological polar surface area (TPSA) is 70.8 Å². The third-order valence-corrected chi connectivity index (χ3v) is 4.92. The van der Waals surface area contributed by atoms with Crippen LogP contribution in [0, 0.1) is 0 Å². The van der Waals surface area contributed by atoms with Crippen molar-refractivity contribution < 1.29 is 19.1 Å². The Morgan fingerprint density at radius 1 is 1.00 bits per heavy atom. The van der Waals surface area contributed by atoms with Crippen LogP contribution in [0.5, 0.6) is 0 Å². The number of ketones is 1. The Bertz CT molecular complexity index is 1040. The molecule has 1 fully saturated rings. The van der Waals surface area contributed by atoms with Gasteiger partial charge in [0.1, 0.15) is 17.6 Å². The summed E-state index contributed by atoms with van der Waals surface area (Å²) in [5.41, 5.74) is 1.27. The lowest BCUT2D eigenvalue weighted by Gasteiger charge is -2.23. The number of furan rings is 1. The van der Waals surface area contributed by atoms with Gasteiger partial charge in [0.2, 0.25) is 0 Å². The maximum Gasteiger partial charge on any atom is 0.296 e. The fraction of sp³-hybridized carbons (Fsp3) is 0.0909. The minimum absolute atomic E-state index is 0.00166. The summed E-state index contributed by atoms with van der Waals surface area (Å²) in [5.74, 6) is -1.27. The normalized spacial score (nSPS) is 18.6. The van der Waals surface area contributed by atoms with Crippen LogP contribution in [-0.2, 0) is 16.1 Å². The molecule has 2 aromatic carbocycles. The zero-order chi connectivity index (χ0) is 19.7. The van der Waals surface area contributed by atoms with Crippen LogP contribution in [0.3, 0.4) is 0 Å². The van der Waals surface area contributed by atoms with E-state index in [1.165, 1.54) is 11.2 Å². The van der Waals surface area contributed by atoms with Gasteiger partial charge in [0.05, 0.1) is 11.8 Å². The number of hydrogen-bond acceptors (Lipinski definition) is 4. The van der Waals surface area contributed by atoms with Crippen LogP contribution in [0.2, 0.25) is 5.02 Å². The summed E-state index contributed by atoms with van der Waals surface area (Å²) in [6.07, 6.45) is 1.47. The van der Waals surface area contributed by atoms with Gasteiger partial charge in [0, 0.05) is 17.1 Å². The van der Waals surface area contributed by atoms with Gasteiger partial charge in [-0.3, -0.25) is 9.59 Å². The third kappa shape index (κ3) is 3.21. The summed E-state index contributed by atoms with van der Waals surface area (Å²) in [5, 5.41) is 11.4. The maximum atomic E-state index is 12.8. The molecule has 140 valence electrons. The van der Waals surface area contributed by atoms with Crippen molar-refractivity contribution >= 4 is 29.1 Å². The fourth-order valence-electron chi connectivity index (χ4n) is 3.33. The average Bonchev–Trinajstić information content (AvgIpc) is 3.32. The number of Topliss-reactive ketones (excluding diaryl/α,β-unsaturated/α-hetero) is 1. The van der Waals surface area contributed by atoms with E-state index in [0.717, 1.165) is 5.56 Å². The molecule has 2 heterocycles. The standard InChI is InChI=1S/C22H16ClNO4/c23-16-10-8-15(9-11-16)20(25)18-19(17-7-4-12-28-17)24(22(27)21(18)26)13-14-5-2-1-3-6-14/h1-12,19,25H,13H2/t19-/m1/s1. The molecule has 1 atom stereocenters. The van der Waals surface area contributed by atoms with Gasteiger partial charge in [-0.15, -0.1) is 0 Å². The number of hydrogen-bond donors (Lipinski definition) is 1. The first-order chi connectivity index (χ1) is 13.6. The molecule has 6 heteroatoms. The molecule has 0 unspecified atom stereocenters. The quantitative estimate of drug-likeness (QED) is 0.401. The number of aliphatic hydroxyl groups is 1. The largest absolute Gasteiger partial charge is 0.507 e. The van der Waals surface area contributed by atoms with Gasteiger partial charge in [-0.05, 0) is 42.0 Å². The number of carbonyl (C=O) groups excluding carboxylic acids is 2. The molecule has 1 N–H and O–H groups in total. The van der Waals surface area contributed by atoms with Crippen LogP contribution < -0.4 is 0 Å². The highest BCUT2D eigenvalue weighted by atomic mass is 35.5. The number of carbonyl (C=O) groups is 2. The van der Waals surface area contributed by atoms with E-state index < -0.39 is 17.7 Å². The summed E-state index contributed by atoms with van der Waals surface area (Å²) >= 11 is 5.91. The Hall–Kier alpha value is -3.31. The molecular weight excluding hydrogens is 378 g/mol. The third-order valence-electron chi connectivity index (χ3n) is 4.67. The highest BCUT2D eigenvalue weighted by Crippen LogP contribution is 2.40. The molecule has 5 nitrogen and oxygen atoms in total. The summed E-state index contributed by atoms with van der Waals surface area (Å²) in [6.45, 7) is 0.216. The monoisotopic (exact) mass is 393 g/mol. The SMILES string of the molecule is O=C1C(=O)N(Cc2ccccc2)[C@H](c2ccco2)C1=C(O)c1ccc(Cl)cc1. The molecular formula is C22H16ClNO4. The minimum Gasteiger partial charge on any atom is -0.507 e. The first-order valence-corrected chi connectivity index (χ1v) is 9.05. The number of amides is 1. The summed E-state index contributed by atoms with van der Waals surface area (Å²) < 4.78 is 5.50. The molecule has 0 spiro atoms. The average molecular weight is 394 g/mol. The second kappa shape index (κ2) is 7.37. The lowest BCUT2D eigenvalue weighted by atomic mass is 9.99. The van der Waals surface area contributed by atoms with Crippen molar-refractivity contribution in [2.75, 3.05) is 0 Å². The van der Waals surface area contributed by atoms with E-state index in [-0.39, 0.29) is 17.9 Å². The molecule has 1 aliphatic rings. The molecule has 1 saturated heterocycles. The molecule has 1 aromatic heterocycles. The van der Waals surface area contributed by atoms with Crippen molar-refractivity contribution in [3.8, 4) is 0 Å². The van der Waals surface area contributed by atoms with E-state index in [1.807, 2.05) is 30.3 Å². The minimum atomic E-state index is -0.814. The predicted molar refractivity (Wildman–Crippen MR) is 104 cm³/mol. The predicted octanol–water partition coefficient (Wildman–Crippen LogP) is 4.55. The zero-order valence-corrected chi connectivity index (χ0v) is 15.5. The molecule has 0 bridgehead atoms. The maximum absolute atomic E-state index is 12.8. The Morgan fingerprint density at radius 2 is 1.71 bits per heavy atom. The van der Waals surface area contributed by atoms with E-state index in [9.17, 15) is 14.7 Å². The van der Waals surface area contributed by atoms with Crippen molar-refractivity contribution in [1.29, 1.82) is 0 Å². The number of benzene rings is 2. The Balaban J connectivity index is 1.83. The first-order valence-electron chi connectivity index (χ1n) is 8.68. The molecule has 28 heavy (non-hydrogen) atoms. The Morgan fingerprint density at radius 3 is 2.36 bits per heavy atom. The molecule has 1 amide bonds. The van der Waals surface area contributed by atoms with Crippen molar-refractivity contribution in [2.45, 2.75) is 12.6 Å². The molecule has 4 rings (SSSR count). The number of halogens is 1. The van der Waals surface area contributed by atoms with Crippen LogP contribution in [0.25, 0.3) is 5.76 Å². The van der Waals surface area contributed by atoms with Gasteiger partial charge >= 0.3 is 0 Å².